The largest absolute Gasteiger partial charge is 0.395 e. The number of nitrogens with zero attached hydrogens (tertiary/aromatic N) is 1. The van der Waals surface area contributed by atoms with E-state index in [0.29, 0.717) is 17.5 Å². The number of aliphatic hydroxyl groups excluding tert-OH is 2. The number of aliphatic hydroxyl groups is 2. The van der Waals surface area contributed by atoms with Gasteiger partial charge >= 0.3 is 0 Å². The Kier molecular flexibility index (Phi) is 6.17. The van der Waals surface area contributed by atoms with Crippen LogP contribution < -0.4 is 0 Å². The van der Waals surface area contributed by atoms with Gasteiger partial charge in [0.2, 0.25) is 10.0 Å². The fourth-order valence-corrected chi connectivity index (χ4v) is 3.01. The highest BCUT2D eigenvalue weighted by molar-refractivity contribution is 7.89. The van der Waals surface area contributed by atoms with Crippen molar-refractivity contribution in [1.29, 1.82) is 0 Å². The number of benzene rings is 1. The third-order valence-electron chi connectivity index (χ3n) is 2.76. The average molecular weight is 297 g/mol. The van der Waals surface area contributed by atoms with Gasteiger partial charge in [-0.3, -0.25) is 0 Å². The maximum absolute atomic E-state index is 12.4. The van der Waals surface area contributed by atoms with Gasteiger partial charge in [0.05, 0.1) is 18.1 Å². The van der Waals surface area contributed by atoms with E-state index in [0.717, 1.165) is 4.31 Å². The number of aryl methyl sites for hydroxylation is 1. The Balaban J connectivity index is 3.18. The van der Waals surface area contributed by atoms with Gasteiger partial charge in [-0.2, -0.15) is 4.31 Å². The summed E-state index contributed by atoms with van der Waals surface area (Å²) in [5.74, 6) is 5.57. The lowest BCUT2D eigenvalue weighted by Crippen LogP contribution is -2.30. The van der Waals surface area contributed by atoms with Gasteiger partial charge < -0.3 is 10.2 Å². The molecule has 0 amide bonds. The van der Waals surface area contributed by atoms with Gasteiger partial charge in [0.1, 0.15) is 0 Å². The Hall–Kier alpha value is -1.39. The molecule has 0 fully saturated rings. The fourth-order valence-electron chi connectivity index (χ4n) is 1.61. The second kappa shape index (κ2) is 7.41. The van der Waals surface area contributed by atoms with Crippen LogP contribution in [0, 0.1) is 18.8 Å². The van der Waals surface area contributed by atoms with Gasteiger partial charge in [-0.25, -0.2) is 8.42 Å². The molecule has 0 radical (unpaired) electrons. The summed E-state index contributed by atoms with van der Waals surface area (Å²) in [6.45, 7) is 1.50. The molecular formula is C14H19NO4S. The Bertz CT molecular complexity index is 614. The van der Waals surface area contributed by atoms with Crippen molar-refractivity contribution in [2.75, 3.05) is 26.8 Å². The minimum absolute atomic E-state index is 0.0245. The van der Waals surface area contributed by atoms with Crippen LogP contribution in [0.1, 0.15) is 17.5 Å². The van der Waals surface area contributed by atoms with Crippen LogP contribution in [0.2, 0.25) is 0 Å². The molecule has 0 aliphatic rings. The molecular weight excluding hydrogens is 278 g/mol. The van der Waals surface area contributed by atoms with Gasteiger partial charge in [-0.15, -0.1) is 0 Å². The molecule has 0 aliphatic heterocycles. The maximum atomic E-state index is 12.4. The van der Waals surface area contributed by atoms with Gasteiger partial charge in [0.15, 0.2) is 0 Å². The molecule has 0 aromatic heterocycles. The first kappa shape index (κ1) is 16.7. The van der Waals surface area contributed by atoms with E-state index in [1.54, 1.807) is 19.1 Å². The number of hydrogen-bond donors (Lipinski definition) is 2. The molecule has 0 atom stereocenters. The highest BCUT2D eigenvalue weighted by atomic mass is 32.2. The standard InChI is InChI=1S/C14H19NO4S/c1-12-6-7-13(5-3-4-9-16)11-14(12)20(18,19)15(2)8-10-17/h6-7,11,16-17H,4,8-10H2,1-2H3. The van der Waals surface area contributed by atoms with Crippen molar-refractivity contribution in [1.82, 2.24) is 4.31 Å². The minimum Gasteiger partial charge on any atom is -0.395 e. The molecule has 0 aliphatic carbocycles. The fraction of sp³-hybridized carbons (Fsp3) is 0.429. The zero-order valence-corrected chi connectivity index (χ0v) is 12.4. The van der Waals surface area contributed by atoms with Gasteiger partial charge in [-0.1, -0.05) is 17.9 Å². The summed E-state index contributed by atoms with van der Waals surface area (Å²) in [7, 11) is -2.20. The molecule has 20 heavy (non-hydrogen) atoms. The molecule has 2 N–H and O–H groups in total. The Morgan fingerprint density at radius 1 is 1.25 bits per heavy atom. The van der Waals surface area contributed by atoms with Gasteiger partial charge in [0.25, 0.3) is 0 Å². The predicted octanol–water partition coefficient (Wildman–Crippen LogP) is 0.342. The van der Waals surface area contributed by atoms with E-state index >= 15 is 0 Å². The molecule has 0 unspecified atom stereocenters. The monoisotopic (exact) mass is 297 g/mol. The molecule has 0 saturated heterocycles. The van der Waals surface area contributed by atoms with E-state index in [1.165, 1.54) is 13.1 Å². The topological polar surface area (TPSA) is 77.8 Å². The van der Waals surface area contributed by atoms with Crippen LogP contribution in [0.3, 0.4) is 0 Å². The van der Waals surface area contributed by atoms with E-state index in [1.807, 2.05) is 0 Å². The lowest BCUT2D eigenvalue weighted by atomic mass is 10.1. The van der Waals surface area contributed by atoms with Crippen molar-refractivity contribution in [2.24, 2.45) is 0 Å². The zero-order valence-electron chi connectivity index (χ0n) is 11.6. The van der Waals surface area contributed by atoms with Crippen molar-refractivity contribution in [3.8, 4) is 11.8 Å². The Morgan fingerprint density at radius 2 is 1.95 bits per heavy atom. The van der Waals surface area contributed by atoms with Crippen LogP contribution in [-0.2, 0) is 10.0 Å². The van der Waals surface area contributed by atoms with Crippen LogP contribution in [0.5, 0.6) is 0 Å². The van der Waals surface area contributed by atoms with E-state index in [-0.39, 0.29) is 24.7 Å². The summed E-state index contributed by atoms with van der Waals surface area (Å²) >= 11 is 0. The third-order valence-corrected chi connectivity index (χ3v) is 4.76. The number of sulfonamides is 1. The average Bonchev–Trinajstić information content (AvgIpc) is 2.41. The van der Waals surface area contributed by atoms with Crippen molar-refractivity contribution in [3.63, 3.8) is 0 Å². The van der Waals surface area contributed by atoms with Crippen LogP contribution in [0.4, 0.5) is 0 Å². The van der Waals surface area contributed by atoms with E-state index in [9.17, 15) is 8.42 Å². The summed E-state index contributed by atoms with van der Waals surface area (Å²) in [5, 5.41) is 17.5. The zero-order chi connectivity index (χ0) is 15.2. The van der Waals surface area contributed by atoms with Crippen LogP contribution in [-0.4, -0.2) is 49.7 Å². The van der Waals surface area contributed by atoms with E-state index < -0.39 is 10.0 Å². The first-order valence-electron chi connectivity index (χ1n) is 6.21. The molecule has 0 saturated carbocycles. The first-order chi connectivity index (χ1) is 9.43. The van der Waals surface area contributed by atoms with E-state index in [2.05, 4.69) is 11.8 Å². The summed E-state index contributed by atoms with van der Waals surface area (Å²) in [4.78, 5) is 0.184. The number of hydrogen-bond acceptors (Lipinski definition) is 4. The summed E-state index contributed by atoms with van der Waals surface area (Å²) < 4.78 is 25.8. The van der Waals surface area contributed by atoms with Gasteiger partial charge in [0, 0.05) is 25.6 Å². The lowest BCUT2D eigenvalue weighted by Gasteiger charge is -2.17. The summed E-state index contributed by atoms with van der Waals surface area (Å²) in [6.07, 6.45) is 0.348. The quantitative estimate of drug-likeness (QED) is 0.768. The predicted molar refractivity (Wildman–Crippen MR) is 76.7 cm³/mol. The summed E-state index contributed by atoms with van der Waals surface area (Å²) in [6, 6.07) is 4.95. The molecule has 1 aromatic carbocycles. The summed E-state index contributed by atoms with van der Waals surface area (Å²) in [5.41, 5.74) is 1.21. The minimum atomic E-state index is -3.63. The number of likely N-dealkylation sites (N-methyl/N-ethyl adjacent to an activating group) is 1. The van der Waals surface area contributed by atoms with Crippen molar-refractivity contribution >= 4 is 10.0 Å². The van der Waals surface area contributed by atoms with E-state index in [4.69, 9.17) is 10.2 Å². The highest BCUT2D eigenvalue weighted by Gasteiger charge is 2.22. The van der Waals surface area contributed by atoms with Crippen molar-refractivity contribution in [2.45, 2.75) is 18.2 Å². The molecule has 1 rings (SSSR count). The second-order valence-electron chi connectivity index (χ2n) is 4.31. The molecule has 5 nitrogen and oxygen atoms in total. The van der Waals surface area contributed by atoms with Crippen molar-refractivity contribution in [3.05, 3.63) is 29.3 Å². The maximum Gasteiger partial charge on any atom is 0.243 e. The SMILES string of the molecule is Cc1ccc(C#CCCO)cc1S(=O)(=O)N(C)CCO. The molecule has 0 spiro atoms. The lowest BCUT2D eigenvalue weighted by molar-refractivity contribution is 0.266. The van der Waals surface area contributed by atoms with Crippen LogP contribution >= 0.6 is 0 Å². The van der Waals surface area contributed by atoms with Crippen molar-refractivity contribution < 1.29 is 18.6 Å². The van der Waals surface area contributed by atoms with Gasteiger partial charge in [-0.05, 0) is 24.6 Å². The molecule has 0 heterocycles. The Labute approximate surface area is 119 Å². The first-order valence-corrected chi connectivity index (χ1v) is 7.65. The Morgan fingerprint density at radius 3 is 2.55 bits per heavy atom. The molecule has 1 aromatic rings. The normalized spacial score (nSPS) is 11.2. The molecule has 0 bridgehead atoms. The third kappa shape index (κ3) is 4.05. The smallest absolute Gasteiger partial charge is 0.243 e. The highest BCUT2D eigenvalue weighted by Crippen LogP contribution is 2.20. The van der Waals surface area contributed by atoms with Crippen LogP contribution in [0.15, 0.2) is 23.1 Å². The number of rotatable bonds is 5. The second-order valence-corrected chi connectivity index (χ2v) is 6.32. The molecule has 6 heteroatoms. The van der Waals surface area contributed by atoms with Crippen LogP contribution in [0.25, 0.3) is 0 Å². The molecule has 110 valence electrons.